The van der Waals surface area contributed by atoms with Gasteiger partial charge in [-0.3, -0.25) is 0 Å². The van der Waals surface area contributed by atoms with Crippen LogP contribution in [0, 0.1) is 6.92 Å². The first-order chi connectivity index (χ1) is 6.66. The maximum absolute atomic E-state index is 5.79. The zero-order chi connectivity index (χ0) is 10.1. The lowest BCUT2D eigenvalue weighted by Crippen LogP contribution is -1.81. The van der Waals surface area contributed by atoms with Gasteiger partial charge < -0.3 is 5.73 Å². The van der Waals surface area contributed by atoms with Crippen molar-refractivity contribution in [1.29, 1.82) is 0 Å². The van der Waals surface area contributed by atoms with Crippen molar-refractivity contribution in [2.45, 2.75) is 6.92 Å². The quantitative estimate of drug-likeness (QED) is 0.807. The molecule has 0 spiro atoms. The summed E-state index contributed by atoms with van der Waals surface area (Å²) in [4.78, 5) is 4.36. The number of benzene rings is 1. The highest BCUT2D eigenvalue weighted by molar-refractivity contribution is 7.18. The number of anilines is 1. The fourth-order valence-electron chi connectivity index (χ4n) is 1.12. The molecule has 1 aromatic carbocycles. The van der Waals surface area contributed by atoms with Crippen LogP contribution in [0.4, 0.5) is 5.00 Å². The van der Waals surface area contributed by atoms with Crippen molar-refractivity contribution >= 4 is 27.9 Å². The molecule has 0 aliphatic heterocycles. The Labute approximate surface area is 91.4 Å². The molecular formula is C10H9ClN2S. The van der Waals surface area contributed by atoms with Crippen LogP contribution in [-0.4, -0.2) is 4.98 Å². The average Bonchev–Trinajstić information content (AvgIpc) is 2.48. The summed E-state index contributed by atoms with van der Waals surface area (Å²) < 4.78 is 0. The molecule has 0 unspecified atom stereocenters. The lowest BCUT2D eigenvalue weighted by atomic mass is 10.2. The second-order valence-corrected chi connectivity index (χ2v) is 4.44. The van der Waals surface area contributed by atoms with E-state index in [1.807, 2.05) is 31.2 Å². The number of hydrogen-bond donors (Lipinski definition) is 1. The summed E-state index contributed by atoms with van der Waals surface area (Å²) in [7, 11) is 0. The first-order valence-electron chi connectivity index (χ1n) is 4.15. The van der Waals surface area contributed by atoms with E-state index in [9.17, 15) is 0 Å². The second-order valence-electron chi connectivity index (χ2n) is 2.98. The van der Waals surface area contributed by atoms with E-state index in [0.717, 1.165) is 26.3 Å². The molecule has 0 saturated heterocycles. The molecule has 0 saturated carbocycles. The van der Waals surface area contributed by atoms with Gasteiger partial charge in [-0.25, -0.2) is 4.98 Å². The Kier molecular flexibility index (Phi) is 2.44. The van der Waals surface area contributed by atoms with Gasteiger partial charge in [-0.2, -0.15) is 0 Å². The molecular weight excluding hydrogens is 216 g/mol. The maximum Gasteiger partial charge on any atom is 0.125 e. The van der Waals surface area contributed by atoms with Gasteiger partial charge in [0.15, 0.2) is 0 Å². The Hall–Kier alpha value is -1.06. The third-order valence-corrected chi connectivity index (χ3v) is 3.21. The van der Waals surface area contributed by atoms with Gasteiger partial charge in [0.25, 0.3) is 0 Å². The van der Waals surface area contributed by atoms with Gasteiger partial charge in [0.05, 0.1) is 5.69 Å². The monoisotopic (exact) mass is 224 g/mol. The molecule has 1 aromatic heterocycles. The molecule has 2 N–H and O–H groups in total. The first-order valence-corrected chi connectivity index (χ1v) is 5.35. The number of nitrogens with zero attached hydrogens (tertiary/aromatic N) is 1. The number of nitrogen functional groups attached to an aromatic ring is 1. The van der Waals surface area contributed by atoms with Crippen molar-refractivity contribution in [2.24, 2.45) is 0 Å². The Morgan fingerprint density at radius 2 is 1.93 bits per heavy atom. The smallest absolute Gasteiger partial charge is 0.125 e. The van der Waals surface area contributed by atoms with Crippen LogP contribution in [0.3, 0.4) is 0 Å². The molecule has 0 fully saturated rings. The van der Waals surface area contributed by atoms with E-state index in [-0.39, 0.29) is 0 Å². The Bertz CT molecular complexity index is 428. The number of halogens is 1. The van der Waals surface area contributed by atoms with Gasteiger partial charge in [-0.1, -0.05) is 35.1 Å². The normalized spacial score (nSPS) is 10.4. The van der Waals surface area contributed by atoms with E-state index in [1.54, 1.807) is 0 Å². The van der Waals surface area contributed by atoms with Gasteiger partial charge in [0.2, 0.25) is 0 Å². The maximum atomic E-state index is 5.79. The fourth-order valence-corrected chi connectivity index (χ4v) is 2.09. The van der Waals surface area contributed by atoms with Crippen molar-refractivity contribution in [2.75, 3.05) is 5.73 Å². The molecule has 4 heteroatoms. The van der Waals surface area contributed by atoms with Gasteiger partial charge in [0, 0.05) is 10.6 Å². The van der Waals surface area contributed by atoms with Crippen molar-refractivity contribution in [3.8, 4) is 10.6 Å². The zero-order valence-corrected chi connectivity index (χ0v) is 9.19. The molecule has 0 aliphatic rings. The molecule has 2 nitrogen and oxygen atoms in total. The standard InChI is InChI=1S/C10H9ClN2S/c1-6-9(12)14-10(13-6)7-2-4-8(11)5-3-7/h2-5H,12H2,1H3. The van der Waals surface area contributed by atoms with Gasteiger partial charge >= 0.3 is 0 Å². The summed E-state index contributed by atoms with van der Waals surface area (Å²) in [6.45, 7) is 1.91. The van der Waals surface area contributed by atoms with Gasteiger partial charge in [0.1, 0.15) is 10.0 Å². The number of thiazole rings is 1. The van der Waals surface area contributed by atoms with Gasteiger partial charge in [-0.15, -0.1) is 0 Å². The minimum absolute atomic E-state index is 0.731. The lowest BCUT2D eigenvalue weighted by Gasteiger charge is -1.94. The SMILES string of the molecule is Cc1nc(-c2ccc(Cl)cc2)sc1N. The van der Waals surface area contributed by atoms with Crippen LogP contribution in [0.2, 0.25) is 5.02 Å². The van der Waals surface area contributed by atoms with E-state index >= 15 is 0 Å². The minimum atomic E-state index is 0.731. The summed E-state index contributed by atoms with van der Waals surface area (Å²) in [5.74, 6) is 0. The molecule has 0 amide bonds. The third-order valence-electron chi connectivity index (χ3n) is 1.92. The van der Waals surface area contributed by atoms with Crippen molar-refractivity contribution < 1.29 is 0 Å². The highest BCUT2D eigenvalue weighted by Crippen LogP contribution is 2.29. The highest BCUT2D eigenvalue weighted by atomic mass is 35.5. The molecule has 1 heterocycles. The number of aryl methyl sites for hydroxylation is 1. The largest absolute Gasteiger partial charge is 0.389 e. The zero-order valence-electron chi connectivity index (χ0n) is 7.62. The molecule has 0 bridgehead atoms. The number of hydrogen-bond acceptors (Lipinski definition) is 3. The fraction of sp³-hybridized carbons (Fsp3) is 0.100. The molecule has 2 rings (SSSR count). The van der Waals surface area contributed by atoms with E-state index in [4.69, 9.17) is 17.3 Å². The Balaban J connectivity index is 2.44. The van der Waals surface area contributed by atoms with Crippen molar-refractivity contribution in [3.63, 3.8) is 0 Å². The van der Waals surface area contributed by atoms with Crippen LogP contribution < -0.4 is 5.73 Å². The van der Waals surface area contributed by atoms with Crippen LogP contribution in [0.5, 0.6) is 0 Å². The highest BCUT2D eigenvalue weighted by Gasteiger charge is 2.05. The van der Waals surface area contributed by atoms with Crippen LogP contribution in [-0.2, 0) is 0 Å². The third kappa shape index (κ3) is 1.74. The molecule has 14 heavy (non-hydrogen) atoms. The Morgan fingerprint density at radius 3 is 2.43 bits per heavy atom. The summed E-state index contributed by atoms with van der Waals surface area (Å²) in [5.41, 5.74) is 7.68. The van der Waals surface area contributed by atoms with Crippen LogP contribution in [0.25, 0.3) is 10.6 Å². The summed E-state index contributed by atoms with van der Waals surface area (Å²) in [6, 6.07) is 7.59. The van der Waals surface area contributed by atoms with E-state index < -0.39 is 0 Å². The van der Waals surface area contributed by atoms with E-state index in [0.29, 0.717) is 0 Å². The average molecular weight is 225 g/mol. The summed E-state index contributed by atoms with van der Waals surface area (Å²) >= 11 is 7.29. The molecule has 72 valence electrons. The predicted molar refractivity (Wildman–Crippen MR) is 61.7 cm³/mol. The van der Waals surface area contributed by atoms with Crippen molar-refractivity contribution in [3.05, 3.63) is 35.0 Å². The van der Waals surface area contributed by atoms with Crippen LogP contribution in [0.1, 0.15) is 5.69 Å². The van der Waals surface area contributed by atoms with Crippen LogP contribution >= 0.6 is 22.9 Å². The molecule has 0 radical (unpaired) electrons. The van der Waals surface area contributed by atoms with E-state index in [2.05, 4.69) is 4.98 Å². The molecule has 0 aliphatic carbocycles. The molecule has 0 atom stereocenters. The minimum Gasteiger partial charge on any atom is -0.389 e. The first kappa shape index (κ1) is 9.49. The topological polar surface area (TPSA) is 38.9 Å². The molecule has 2 aromatic rings. The van der Waals surface area contributed by atoms with E-state index in [1.165, 1.54) is 11.3 Å². The van der Waals surface area contributed by atoms with Gasteiger partial charge in [-0.05, 0) is 19.1 Å². The summed E-state index contributed by atoms with van der Waals surface area (Å²) in [6.07, 6.45) is 0. The lowest BCUT2D eigenvalue weighted by molar-refractivity contribution is 1.27. The van der Waals surface area contributed by atoms with Crippen molar-refractivity contribution in [1.82, 2.24) is 4.98 Å². The number of aromatic nitrogens is 1. The number of nitrogens with two attached hydrogens (primary N) is 1. The second kappa shape index (κ2) is 3.59. The number of rotatable bonds is 1. The van der Waals surface area contributed by atoms with Crippen LogP contribution in [0.15, 0.2) is 24.3 Å². The Morgan fingerprint density at radius 1 is 1.29 bits per heavy atom. The summed E-state index contributed by atoms with van der Waals surface area (Å²) in [5, 5.41) is 2.45. The predicted octanol–water partition coefficient (Wildman–Crippen LogP) is 3.35.